The summed E-state index contributed by atoms with van der Waals surface area (Å²) in [6.45, 7) is 0.620. The van der Waals surface area contributed by atoms with E-state index in [-0.39, 0.29) is 0 Å². The summed E-state index contributed by atoms with van der Waals surface area (Å²) < 4.78 is 0.947. The van der Waals surface area contributed by atoms with Crippen LogP contribution in [0.1, 0.15) is 12.8 Å². The van der Waals surface area contributed by atoms with Crippen LogP contribution in [-0.4, -0.2) is 28.5 Å². The van der Waals surface area contributed by atoms with Gasteiger partial charge in [0.05, 0.1) is 23.2 Å². The highest BCUT2D eigenvalue weighted by molar-refractivity contribution is 9.10. The summed E-state index contributed by atoms with van der Waals surface area (Å²) in [5, 5.41) is 12.4. The van der Waals surface area contributed by atoms with E-state index < -0.39 is 12.0 Å². The van der Waals surface area contributed by atoms with E-state index in [9.17, 15) is 9.90 Å². The number of hydrogen-bond acceptors (Lipinski definition) is 5. The monoisotopic (exact) mass is 396 g/mol. The Bertz CT molecular complexity index is 946. The lowest BCUT2D eigenvalue weighted by molar-refractivity contribution is -0.307. The maximum Gasteiger partial charge on any atom is 0.227 e. The average Bonchev–Trinajstić information content (AvgIpc) is 3.12. The van der Waals surface area contributed by atoms with Crippen LogP contribution < -0.4 is 10.0 Å². The first-order valence-corrected chi connectivity index (χ1v) is 8.93. The van der Waals surface area contributed by atoms with Crippen molar-refractivity contribution in [3.8, 4) is 11.3 Å². The van der Waals surface area contributed by atoms with E-state index in [1.54, 1.807) is 4.90 Å². The molecule has 3 aromatic rings. The Labute approximate surface area is 153 Å². The molecule has 126 valence electrons. The van der Waals surface area contributed by atoms with Gasteiger partial charge in [0.25, 0.3) is 0 Å². The van der Waals surface area contributed by atoms with E-state index in [0.29, 0.717) is 18.9 Å². The van der Waals surface area contributed by atoms with Gasteiger partial charge in [-0.1, -0.05) is 46.3 Å². The molecule has 4 rings (SSSR count). The number of fused-ring (bicyclic) bond motifs is 1. The first-order valence-electron chi connectivity index (χ1n) is 8.14. The zero-order valence-electron chi connectivity index (χ0n) is 13.4. The number of carbonyl (C=O) groups excluding carboxylic acids is 1. The van der Waals surface area contributed by atoms with Gasteiger partial charge in [0.1, 0.15) is 0 Å². The van der Waals surface area contributed by atoms with Gasteiger partial charge in [-0.05, 0) is 31.0 Å². The first kappa shape index (κ1) is 16.0. The van der Waals surface area contributed by atoms with Gasteiger partial charge in [0.15, 0.2) is 0 Å². The van der Waals surface area contributed by atoms with Crippen LogP contribution >= 0.6 is 15.9 Å². The normalized spacial score (nSPS) is 17.2. The molecule has 0 saturated carbocycles. The van der Waals surface area contributed by atoms with Crippen LogP contribution in [0.4, 0.5) is 5.95 Å². The van der Waals surface area contributed by atoms with Crippen molar-refractivity contribution in [3.05, 3.63) is 53.0 Å². The van der Waals surface area contributed by atoms with Crippen molar-refractivity contribution < 1.29 is 9.90 Å². The van der Waals surface area contributed by atoms with Gasteiger partial charge in [0.2, 0.25) is 5.95 Å². The fourth-order valence-electron chi connectivity index (χ4n) is 3.28. The number of carboxylic acids is 1. The molecule has 0 aliphatic carbocycles. The van der Waals surface area contributed by atoms with Crippen LogP contribution in [0.15, 0.2) is 53.0 Å². The molecular formula is C19H15BrN3O2-. The van der Waals surface area contributed by atoms with Crippen LogP contribution in [0.2, 0.25) is 0 Å². The molecule has 6 heteroatoms. The van der Waals surface area contributed by atoms with E-state index in [2.05, 4.69) is 20.9 Å². The zero-order valence-corrected chi connectivity index (χ0v) is 14.9. The minimum atomic E-state index is -1.07. The number of hydrogen-bond donors (Lipinski definition) is 0. The van der Waals surface area contributed by atoms with Gasteiger partial charge in [-0.25, -0.2) is 9.97 Å². The first-order chi connectivity index (χ1) is 12.1. The third-order valence-electron chi connectivity index (χ3n) is 4.47. The van der Waals surface area contributed by atoms with Gasteiger partial charge in [-0.3, -0.25) is 0 Å². The van der Waals surface area contributed by atoms with Crippen molar-refractivity contribution in [1.29, 1.82) is 0 Å². The molecule has 0 bridgehead atoms. The number of nitrogens with zero attached hydrogens (tertiary/aromatic N) is 3. The highest BCUT2D eigenvalue weighted by atomic mass is 79.9. The van der Waals surface area contributed by atoms with Crippen molar-refractivity contribution in [3.63, 3.8) is 0 Å². The molecule has 1 aromatic heterocycles. The van der Waals surface area contributed by atoms with Gasteiger partial charge in [-0.2, -0.15) is 0 Å². The lowest BCUT2D eigenvalue weighted by atomic mass is 10.1. The van der Waals surface area contributed by atoms with Gasteiger partial charge in [0, 0.05) is 22.0 Å². The maximum absolute atomic E-state index is 11.4. The molecule has 0 radical (unpaired) electrons. The van der Waals surface area contributed by atoms with E-state index in [1.807, 2.05) is 48.5 Å². The second kappa shape index (κ2) is 6.44. The Balaban J connectivity index is 1.93. The molecule has 5 nitrogen and oxygen atoms in total. The smallest absolute Gasteiger partial charge is 0.227 e. The third kappa shape index (κ3) is 2.98. The Morgan fingerprint density at radius 2 is 1.96 bits per heavy atom. The summed E-state index contributed by atoms with van der Waals surface area (Å²) >= 11 is 3.50. The fraction of sp³-hybridized carbons (Fsp3) is 0.211. The van der Waals surface area contributed by atoms with Crippen molar-refractivity contribution in [2.24, 2.45) is 0 Å². The Kier molecular flexibility index (Phi) is 4.13. The topological polar surface area (TPSA) is 69.2 Å². The number of carbonyl (C=O) groups is 1. The molecule has 2 heterocycles. The van der Waals surface area contributed by atoms with Crippen LogP contribution in [-0.2, 0) is 4.79 Å². The second-order valence-corrected chi connectivity index (χ2v) is 6.99. The highest BCUT2D eigenvalue weighted by Crippen LogP contribution is 2.32. The number of carboxylic acid groups (broad SMARTS) is 1. The van der Waals surface area contributed by atoms with Crippen LogP contribution in [0.25, 0.3) is 22.2 Å². The maximum atomic E-state index is 11.4. The molecule has 0 spiro atoms. The summed E-state index contributed by atoms with van der Waals surface area (Å²) in [5.74, 6) is -0.626. The molecule has 1 aliphatic heterocycles. The summed E-state index contributed by atoms with van der Waals surface area (Å²) in [7, 11) is 0. The number of rotatable bonds is 3. The molecule has 0 amide bonds. The van der Waals surface area contributed by atoms with Gasteiger partial charge >= 0.3 is 0 Å². The lowest BCUT2D eigenvalue weighted by Crippen LogP contribution is -2.45. The number of aromatic nitrogens is 2. The summed E-state index contributed by atoms with van der Waals surface area (Å²) in [6, 6.07) is 15.0. The molecular weight excluding hydrogens is 382 g/mol. The van der Waals surface area contributed by atoms with Crippen molar-refractivity contribution >= 4 is 38.8 Å². The predicted octanol–water partition coefficient (Wildman–Crippen LogP) is 2.78. The number of aliphatic carboxylic acids is 1. The quantitative estimate of drug-likeness (QED) is 0.680. The van der Waals surface area contributed by atoms with Crippen molar-refractivity contribution in [2.75, 3.05) is 11.4 Å². The number of benzene rings is 2. The van der Waals surface area contributed by atoms with E-state index >= 15 is 0 Å². The molecule has 1 aliphatic rings. The lowest BCUT2D eigenvalue weighted by Gasteiger charge is -2.26. The van der Waals surface area contributed by atoms with Gasteiger partial charge < -0.3 is 14.8 Å². The summed E-state index contributed by atoms with van der Waals surface area (Å²) in [4.78, 5) is 22.5. The van der Waals surface area contributed by atoms with Crippen molar-refractivity contribution in [1.82, 2.24) is 9.97 Å². The van der Waals surface area contributed by atoms with Crippen molar-refractivity contribution in [2.45, 2.75) is 18.9 Å². The van der Waals surface area contributed by atoms with E-state index in [4.69, 9.17) is 4.98 Å². The molecule has 1 unspecified atom stereocenters. The Morgan fingerprint density at radius 3 is 2.72 bits per heavy atom. The zero-order chi connectivity index (χ0) is 17.4. The standard InChI is InChI=1S/C19H16BrN3O2/c20-13-8-9-15-14(11-13)17(12-5-2-1-3-6-12)22-19(21-15)23-10-4-7-16(23)18(24)25/h1-3,5-6,8-9,11,16H,4,7,10H2,(H,24,25)/p-1. The summed E-state index contributed by atoms with van der Waals surface area (Å²) in [5.41, 5.74) is 2.56. The van der Waals surface area contributed by atoms with Crippen LogP contribution in [0.3, 0.4) is 0 Å². The fourth-order valence-corrected chi connectivity index (χ4v) is 3.65. The molecule has 1 atom stereocenters. The van der Waals surface area contributed by atoms with Crippen LogP contribution in [0, 0.1) is 0 Å². The number of anilines is 1. The molecule has 2 aromatic carbocycles. The molecule has 0 N–H and O–H groups in total. The second-order valence-electron chi connectivity index (χ2n) is 6.07. The highest BCUT2D eigenvalue weighted by Gasteiger charge is 2.28. The Morgan fingerprint density at radius 1 is 1.16 bits per heavy atom. The van der Waals surface area contributed by atoms with Gasteiger partial charge in [-0.15, -0.1) is 0 Å². The van der Waals surface area contributed by atoms with Crippen LogP contribution in [0.5, 0.6) is 0 Å². The minimum absolute atomic E-state index is 0.445. The minimum Gasteiger partial charge on any atom is -0.548 e. The molecule has 1 fully saturated rings. The average molecular weight is 397 g/mol. The Hall–Kier alpha value is -2.47. The predicted molar refractivity (Wildman–Crippen MR) is 98.0 cm³/mol. The third-order valence-corrected chi connectivity index (χ3v) is 4.97. The van der Waals surface area contributed by atoms with E-state index in [1.165, 1.54) is 0 Å². The molecule has 25 heavy (non-hydrogen) atoms. The number of halogens is 1. The summed E-state index contributed by atoms with van der Waals surface area (Å²) in [6.07, 6.45) is 1.35. The SMILES string of the molecule is O=C([O-])C1CCCN1c1nc(-c2ccccc2)c2cc(Br)ccc2n1. The van der Waals surface area contributed by atoms with E-state index in [0.717, 1.165) is 33.1 Å². The molecule has 1 saturated heterocycles. The largest absolute Gasteiger partial charge is 0.548 e.